The highest BCUT2D eigenvalue weighted by molar-refractivity contribution is 5.35. The molecule has 0 amide bonds. The van der Waals surface area contributed by atoms with Gasteiger partial charge in [-0.15, -0.1) is 0 Å². The molecule has 0 aliphatic rings. The van der Waals surface area contributed by atoms with Gasteiger partial charge in [0.2, 0.25) is 0 Å². The molecule has 0 bridgehead atoms. The van der Waals surface area contributed by atoms with Gasteiger partial charge in [-0.3, -0.25) is 0 Å². The van der Waals surface area contributed by atoms with E-state index in [0.29, 0.717) is 12.0 Å². The zero-order valence-electron chi connectivity index (χ0n) is 12.3. The van der Waals surface area contributed by atoms with Gasteiger partial charge in [-0.2, -0.15) is 0 Å². The van der Waals surface area contributed by atoms with Crippen LogP contribution in [-0.4, -0.2) is 7.05 Å². The summed E-state index contributed by atoms with van der Waals surface area (Å²) in [7, 11) is 2.05. The molecule has 1 N–H and O–H groups in total. The number of rotatable bonds is 4. The van der Waals surface area contributed by atoms with Crippen molar-refractivity contribution in [1.82, 2.24) is 5.32 Å². The number of aryl methyl sites for hydroxylation is 2. The summed E-state index contributed by atoms with van der Waals surface area (Å²) in [5.74, 6) is 0.451. The average molecular weight is 253 g/mol. The zero-order valence-corrected chi connectivity index (χ0v) is 12.3. The summed E-state index contributed by atoms with van der Waals surface area (Å²) in [6, 6.07) is 17.8. The third-order valence-electron chi connectivity index (χ3n) is 3.90. The van der Waals surface area contributed by atoms with Crippen molar-refractivity contribution in [3.8, 4) is 0 Å². The van der Waals surface area contributed by atoms with Crippen LogP contribution >= 0.6 is 0 Å². The van der Waals surface area contributed by atoms with E-state index in [1.165, 1.54) is 22.3 Å². The molecule has 0 aromatic heterocycles. The summed E-state index contributed by atoms with van der Waals surface area (Å²) in [5, 5.41) is 3.48. The minimum Gasteiger partial charge on any atom is -0.312 e. The number of benzene rings is 2. The Morgan fingerprint density at radius 2 is 1.63 bits per heavy atom. The van der Waals surface area contributed by atoms with Gasteiger partial charge in [0.1, 0.15) is 0 Å². The van der Waals surface area contributed by atoms with Crippen LogP contribution in [0.1, 0.15) is 41.1 Å². The summed E-state index contributed by atoms with van der Waals surface area (Å²) in [6.45, 7) is 6.63. The molecule has 2 rings (SSSR count). The third kappa shape index (κ3) is 3.05. The summed E-state index contributed by atoms with van der Waals surface area (Å²) < 4.78 is 0. The lowest BCUT2D eigenvalue weighted by Gasteiger charge is -2.26. The normalized spacial score (nSPS) is 14.1. The van der Waals surface area contributed by atoms with Crippen molar-refractivity contribution in [2.24, 2.45) is 0 Å². The maximum Gasteiger partial charge on any atom is 0.0387 e. The minimum atomic E-state index is 0.350. The minimum absolute atomic E-state index is 0.350. The molecule has 0 radical (unpaired) electrons. The van der Waals surface area contributed by atoms with Crippen LogP contribution in [0.3, 0.4) is 0 Å². The van der Waals surface area contributed by atoms with Crippen LogP contribution in [0, 0.1) is 13.8 Å². The van der Waals surface area contributed by atoms with Crippen LogP contribution in [0.25, 0.3) is 0 Å². The summed E-state index contributed by atoms with van der Waals surface area (Å²) >= 11 is 0. The fraction of sp³-hybridized carbons (Fsp3) is 0.333. The van der Waals surface area contributed by atoms with E-state index in [4.69, 9.17) is 0 Å². The Morgan fingerprint density at radius 3 is 2.21 bits per heavy atom. The molecule has 0 saturated heterocycles. The summed E-state index contributed by atoms with van der Waals surface area (Å²) in [5.41, 5.74) is 5.46. The second-order valence-electron chi connectivity index (χ2n) is 5.33. The van der Waals surface area contributed by atoms with Gasteiger partial charge in [0, 0.05) is 12.0 Å². The molecule has 0 spiro atoms. The van der Waals surface area contributed by atoms with E-state index in [-0.39, 0.29) is 0 Å². The van der Waals surface area contributed by atoms with Crippen LogP contribution in [-0.2, 0) is 0 Å². The Hall–Kier alpha value is -1.60. The van der Waals surface area contributed by atoms with Gasteiger partial charge >= 0.3 is 0 Å². The van der Waals surface area contributed by atoms with Crippen molar-refractivity contribution in [2.75, 3.05) is 7.05 Å². The van der Waals surface area contributed by atoms with Crippen LogP contribution in [0.5, 0.6) is 0 Å². The molecule has 2 aromatic carbocycles. The lowest BCUT2D eigenvalue weighted by Crippen LogP contribution is -2.23. The van der Waals surface area contributed by atoms with Crippen molar-refractivity contribution in [3.63, 3.8) is 0 Å². The fourth-order valence-corrected chi connectivity index (χ4v) is 2.80. The SMILES string of the molecule is CNC(c1ccc(C)cc1C)C(C)c1ccccc1. The van der Waals surface area contributed by atoms with Gasteiger partial charge in [0.05, 0.1) is 0 Å². The molecule has 2 aromatic rings. The van der Waals surface area contributed by atoms with E-state index in [1.54, 1.807) is 0 Å². The number of nitrogens with one attached hydrogen (secondary N) is 1. The molecule has 1 nitrogen and oxygen atoms in total. The van der Waals surface area contributed by atoms with Crippen LogP contribution in [0.2, 0.25) is 0 Å². The quantitative estimate of drug-likeness (QED) is 0.853. The largest absolute Gasteiger partial charge is 0.312 e. The summed E-state index contributed by atoms with van der Waals surface area (Å²) in [4.78, 5) is 0. The van der Waals surface area contributed by atoms with Crippen LogP contribution in [0.15, 0.2) is 48.5 Å². The highest BCUT2D eigenvalue weighted by atomic mass is 14.9. The third-order valence-corrected chi connectivity index (χ3v) is 3.90. The molecule has 0 fully saturated rings. The van der Waals surface area contributed by atoms with Gasteiger partial charge in [-0.1, -0.05) is 61.0 Å². The fourth-order valence-electron chi connectivity index (χ4n) is 2.80. The number of hydrogen-bond donors (Lipinski definition) is 1. The molecule has 2 atom stereocenters. The second-order valence-corrected chi connectivity index (χ2v) is 5.33. The Labute approximate surface area is 116 Å². The lowest BCUT2D eigenvalue weighted by atomic mass is 9.86. The monoisotopic (exact) mass is 253 g/mol. The first kappa shape index (κ1) is 13.8. The van der Waals surface area contributed by atoms with Crippen molar-refractivity contribution in [1.29, 1.82) is 0 Å². The first-order valence-electron chi connectivity index (χ1n) is 6.93. The Bertz CT molecular complexity index is 531. The Kier molecular flexibility index (Phi) is 4.39. The van der Waals surface area contributed by atoms with Gasteiger partial charge < -0.3 is 5.32 Å². The molecule has 19 heavy (non-hydrogen) atoms. The molecule has 0 saturated carbocycles. The topological polar surface area (TPSA) is 12.0 Å². The van der Waals surface area contributed by atoms with Crippen LogP contribution < -0.4 is 5.32 Å². The van der Waals surface area contributed by atoms with E-state index in [9.17, 15) is 0 Å². The molecular weight excluding hydrogens is 230 g/mol. The second kappa shape index (κ2) is 6.03. The number of hydrogen-bond acceptors (Lipinski definition) is 1. The molecule has 1 heteroatoms. The molecular formula is C18H23N. The van der Waals surface area contributed by atoms with E-state index in [2.05, 4.69) is 74.6 Å². The number of likely N-dealkylation sites (N-methyl/N-ethyl adjacent to an activating group) is 1. The highest BCUT2D eigenvalue weighted by Crippen LogP contribution is 2.32. The van der Waals surface area contributed by atoms with Crippen molar-refractivity contribution in [3.05, 3.63) is 70.8 Å². The first-order chi connectivity index (χ1) is 9.13. The van der Waals surface area contributed by atoms with Crippen LogP contribution in [0.4, 0.5) is 0 Å². The maximum atomic E-state index is 3.48. The molecule has 0 aliphatic heterocycles. The van der Waals surface area contributed by atoms with Gasteiger partial charge in [-0.05, 0) is 37.6 Å². The standard InChI is InChI=1S/C18H23N/c1-13-10-11-17(14(2)12-13)18(19-4)15(3)16-8-6-5-7-9-16/h5-12,15,18-19H,1-4H3. The van der Waals surface area contributed by atoms with E-state index < -0.39 is 0 Å². The Balaban J connectivity index is 2.34. The highest BCUT2D eigenvalue weighted by Gasteiger charge is 2.20. The summed E-state index contributed by atoms with van der Waals surface area (Å²) in [6.07, 6.45) is 0. The van der Waals surface area contributed by atoms with Gasteiger partial charge in [-0.25, -0.2) is 0 Å². The van der Waals surface area contributed by atoms with Gasteiger partial charge in [0.25, 0.3) is 0 Å². The molecule has 0 aliphatic carbocycles. The predicted molar refractivity (Wildman–Crippen MR) is 82.6 cm³/mol. The smallest absolute Gasteiger partial charge is 0.0387 e. The van der Waals surface area contributed by atoms with Crippen molar-refractivity contribution < 1.29 is 0 Å². The maximum absolute atomic E-state index is 3.48. The molecule has 2 unspecified atom stereocenters. The van der Waals surface area contributed by atoms with E-state index >= 15 is 0 Å². The average Bonchev–Trinajstić information content (AvgIpc) is 2.42. The predicted octanol–water partition coefficient (Wildman–Crippen LogP) is 4.37. The van der Waals surface area contributed by atoms with Gasteiger partial charge in [0.15, 0.2) is 0 Å². The lowest BCUT2D eigenvalue weighted by molar-refractivity contribution is 0.505. The first-order valence-corrected chi connectivity index (χ1v) is 6.93. The van der Waals surface area contributed by atoms with Crippen molar-refractivity contribution >= 4 is 0 Å². The van der Waals surface area contributed by atoms with E-state index in [1.807, 2.05) is 7.05 Å². The molecule has 100 valence electrons. The van der Waals surface area contributed by atoms with Crippen molar-refractivity contribution in [2.45, 2.75) is 32.7 Å². The van der Waals surface area contributed by atoms with E-state index in [0.717, 1.165) is 0 Å². The Morgan fingerprint density at radius 1 is 0.947 bits per heavy atom. The zero-order chi connectivity index (χ0) is 13.8. The molecule has 0 heterocycles.